The summed E-state index contributed by atoms with van der Waals surface area (Å²) in [5, 5.41) is 0. The quantitative estimate of drug-likeness (QED) is 0.384. The Kier molecular flexibility index (Phi) is 10.7. The second-order valence-corrected chi connectivity index (χ2v) is 2.27. The van der Waals surface area contributed by atoms with Crippen molar-refractivity contribution in [3.05, 3.63) is 0 Å². The molecule has 0 saturated carbocycles. The van der Waals surface area contributed by atoms with Crippen LogP contribution in [0.4, 0.5) is 0 Å². The fraction of sp³-hybridized carbons (Fsp3) is 1.00. The minimum atomic E-state index is 0.340. The van der Waals surface area contributed by atoms with E-state index in [0.717, 1.165) is 13.0 Å². The van der Waals surface area contributed by atoms with E-state index in [9.17, 15) is 0 Å². The molecule has 0 aliphatic carbocycles. The van der Waals surface area contributed by atoms with Crippen molar-refractivity contribution in [3.8, 4) is 0 Å². The lowest BCUT2D eigenvalue weighted by atomic mass is 10.5. The topological polar surface area (TPSA) is 36.9 Å². The van der Waals surface area contributed by atoms with Crippen LogP contribution in [0.5, 0.6) is 0 Å². The lowest BCUT2D eigenvalue weighted by Crippen LogP contribution is -2.07. The number of methoxy groups -OCH3 is 2. The van der Waals surface area contributed by atoms with E-state index in [-0.39, 0.29) is 0 Å². The zero-order valence-electron chi connectivity index (χ0n) is 7.88. The van der Waals surface area contributed by atoms with Gasteiger partial charge in [0.1, 0.15) is 6.79 Å². The molecule has 0 amide bonds. The molecular formula is C8H18O4. The molecule has 0 fully saturated rings. The normalized spacial score (nSPS) is 10.5. The predicted octanol–water partition coefficient (Wildman–Crippen LogP) is 0.660. The maximum Gasteiger partial charge on any atom is 0.146 e. The summed E-state index contributed by atoms with van der Waals surface area (Å²) in [7, 11) is 3.32. The Morgan fingerprint density at radius 3 is 2.08 bits per heavy atom. The molecule has 0 saturated heterocycles. The fourth-order valence-corrected chi connectivity index (χ4v) is 0.624. The summed E-state index contributed by atoms with van der Waals surface area (Å²) in [6.07, 6.45) is 0.907. The van der Waals surface area contributed by atoms with Crippen LogP contribution in [0.25, 0.3) is 0 Å². The zero-order valence-corrected chi connectivity index (χ0v) is 7.88. The first kappa shape index (κ1) is 11.8. The average Bonchev–Trinajstić information content (AvgIpc) is 2.10. The molecule has 0 N–H and O–H groups in total. The van der Waals surface area contributed by atoms with Gasteiger partial charge in [-0.15, -0.1) is 0 Å². The number of hydrogen-bond donors (Lipinski definition) is 0. The van der Waals surface area contributed by atoms with Crippen LogP contribution in [0.15, 0.2) is 0 Å². The largest absolute Gasteiger partial charge is 0.385 e. The molecule has 0 aromatic rings. The van der Waals surface area contributed by atoms with Crippen molar-refractivity contribution in [3.63, 3.8) is 0 Å². The zero-order chi connectivity index (χ0) is 9.07. The molecule has 0 bridgehead atoms. The van der Waals surface area contributed by atoms with E-state index in [1.54, 1.807) is 14.2 Å². The lowest BCUT2D eigenvalue weighted by molar-refractivity contribution is -0.0685. The summed E-state index contributed by atoms with van der Waals surface area (Å²) in [5.74, 6) is 0. The van der Waals surface area contributed by atoms with Crippen LogP contribution in [0.2, 0.25) is 0 Å². The Labute approximate surface area is 73.7 Å². The Bertz CT molecular complexity index is 67.5. The summed E-state index contributed by atoms with van der Waals surface area (Å²) >= 11 is 0. The maximum absolute atomic E-state index is 5.12. The minimum Gasteiger partial charge on any atom is -0.385 e. The molecule has 0 atom stereocenters. The number of hydrogen-bond acceptors (Lipinski definition) is 4. The van der Waals surface area contributed by atoms with Crippen molar-refractivity contribution >= 4 is 0 Å². The molecule has 0 unspecified atom stereocenters. The van der Waals surface area contributed by atoms with Gasteiger partial charge < -0.3 is 18.9 Å². The Balaban J connectivity index is 2.73. The summed E-state index contributed by atoms with van der Waals surface area (Å²) in [6.45, 7) is 2.95. The molecule has 0 aromatic carbocycles. The third kappa shape index (κ3) is 9.84. The van der Waals surface area contributed by atoms with E-state index in [2.05, 4.69) is 0 Å². The van der Waals surface area contributed by atoms with Gasteiger partial charge in [-0.3, -0.25) is 0 Å². The van der Waals surface area contributed by atoms with E-state index in [1.165, 1.54) is 0 Å². The van der Waals surface area contributed by atoms with E-state index in [1.807, 2.05) is 0 Å². The van der Waals surface area contributed by atoms with Crippen molar-refractivity contribution in [2.45, 2.75) is 6.42 Å². The molecule has 0 radical (unpaired) electrons. The van der Waals surface area contributed by atoms with Crippen molar-refractivity contribution < 1.29 is 18.9 Å². The molecule has 4 heteroatoms. The molecule has 4 nitrogen and oxygen atoms in total. The van der Waals surface area contributed by atoms with Crippen molar-refractivity contribution in [1.82, 2.24) is 0 Å². The van der Waals surface area contributed by atoms with Crippen LogP contribution in [0, 0.1) is 0 Å². The molecule has 0 spiro atoms. The maximum atomic E-state index is 5.12. The fourth-order valence-electron chi connectivity index (χ4n) is 0.624. The van der Waals surface area contributed by atoms with Crippen LogP contribution >= 0.6 is 0 Å². The van der Waals surface area contributed by atoms with Gasteiger partial charge in [-0.05, 0) is 6.42 Å². The SMILES string of the molecule is COCCCOCOCCOC. The predicted molar refractivity (Wildman–Crippen MR) is 45.1 cm³/mol. The number of rotatable bonds is 9. The van der Waals surface area contributed by atoms with Crippen LogP contribution in [0.1, 0.15) is 6.42 Å². The lowest BCUT2D eigenvalue weighted by Gasteiger charge is -2.04. The van der Waals surface area contributed by atoms with E-state index >= 15 is 0 Å². The van der Waals surface area contributed by atoms with Gasteiger partial charge in [0, 0.05) is 20.8 Å². The molecule has 0 aliphatic heterocycles. The minimum absolute atomic E-state index is 0.340. The first-order chi connectivity index (χ1) is 5.91. The monoisotopic (exact) mass is 178 g/mol. The van der Waals surface area contributed by atoms with Gasteiger partial charge in [0.05, 0.1) is 19.8 Å². The van der Waals surface area contributed by atoms with Gasteiger partial charge >= 0.3 is 0 Å². The Morgan fingerprint density at radius 2 is 1.42 bits per heavy atom. The third-order valence-corrected chi connectivity index (χ3v) is 1.24. The first-order valence-electron chi connectivity index (χ1n) is 4.05. The summed E-state index contributed by atoms with van der Waals surface area (Å²) in [4.78, 5) is 0. The van der Waals surface area contributed by atoms with Crippen molar-refractivity contribution in [1.29, 1.82) is 0 Å². The molecule has 0 aliphatic rings. The molecular weight excluding hydrogens is 160 g/mol. The second-order valence-electron chi connectivity index (χ2n) is 2.27. The van der Waals surface area contributed by atoms with Gasteiger partial charge in [0.2, 0.25) is 0 Å². The Hall–Kier alpha value is -0.160. The van der Waals surface area contributed by atoms with Gasteiger partial charge in [-0.25, -0.2) is 0 Å². The van der Waals surface area contributed by atoms with Gasteiger partial charge in [-0.1, -0.05) is 0 Å². The molecule has 0 aromatic heterocycles. The van der Waals surface area contributed by atoms with Gasteiger partial charge in [0.15, 0.2) is 0 Å². The third-order valence-electron chi connectivity index (χ3n) is 1.24. The smallest absolute Gasteiger partial charge is 0.146 e. The van der Waals surface area contributed by atoms with Gasteiger partial charge in [0.25, 0.3) is 0 Å². The van der Waals surface area contributed by atoms with E-state index in [0.29, 0.717) is 26.6 Å². The van der Waals surface area contributed by atoms with Crippen LogP contribution in [-0.2, 0) is 18.9 Å². The van der Waals surface area contributed by atoms with Crippen LogP contribution < -0.4 is 0 Å². The highest BCUT2D eigenvalue weighted by Gasteiger charge is 1.88. The highest BCUT2D eigenvalue weighted by atomic mass is 16.7. The highest BCUT2D eigenvalue weighted by Crippen LogP contribution is 1.84. The molecule has 74 valence electrons. The van der Waals surface area contributed by atoms with E-state index in [4.69, 9.17) is 18.9 Å². The standard InChI is InChI=1S/C8H18O4/c1-9-4-3-5-11-8-12-7-6-10-2/h3-8H2,1-2H3. The Morgan fingerprint density at radius 1 is 0.750 bits per heavy atom. The van der Waals surface area contributed by atoms with Gasteiger partial charge in [-0.2, -0.15) is 0 Å². The highest BCUT2D eigenvalue weighted by molar-refractivity contribution is 4.30. The van der Waals surface area contributed by atoms with Crippen molar-refractivity contribution in [2.75, 3.05) is 47.4 Å². The molecule has 12 heavy (non-hydrogen) atoms. The number of ether oxygens (including phenoxy) is 4. The first-order valence-corrected chi connectivity index (χ1v) is 4.05. The summed E-state index contributed by atoms with van der Waals surface area (Å²) in [5.41, 5.74) is 0. The summed E-state index contributed by atoms with van der Waals surface area (Å²) < 4.78 is 19.8. The average molecular weight is 178 g/mol. The summed E-state index contributed by atoms with van der Waals surface area (Å²) in [6, 6.07) is 0. The van der Waals surface area contributed by atoms with Crippen LogP contribution in [0.3, 0.4) is 0 Å². The van der Waals surface area contributed by atoms with Crippen LogP contribution in [-0.4, -0.2) is 47.4 Å². The van der Waals surface area contributed by atoms with E-state index < -0.39 is 0 Å². The molecule has 0 heterocycles. The van der Waals surface area contributed by atoms with Crippen molar-refractivity contribution in [2.24, 2.45) is 0 Å². The second kappa shape index (κ2) is 10.8. The molecule has 0 rings (SSSR count).